The number of anilines is 1. The van der Waals surface area contributed by atoms with E-state index in [4.69, 9.17) is 5.73 Å². The standard InChI is InChI=1S/C12H11N5/c13-10-4-2-1-3-9(10)6-17-8-16-11-5-14-7-15-12(11)17/h1-5,7-8H,6,13H2. The van der Waals surface area contributed by atoms with Crippen molar-refractivity contribution in [1.82, 2.24) is 19.5 Å². The molecule has 1 aromatic carbocycles. The van der Waals surface area contributed by atoms with Crippen LogP contribution < -0.4 is 5.73 Å². The van der Waals surface area contributed by atoms with E-state index in [9.17, 15) is 0 Å². The highest BCUT2D eigenvalue weighted by Crippen LogP contribution is 2.15. The number of nitrogen functional groups attached to an aromatic ring is 1. The minimum atomic E-state index is 0.667. The molecular weight excluding hydrogens is 214 g/mol. The van der Waals surface area contributed by atoms with E-state index in [0.717, 1.165) is 22.4 Å². The van der Waals surface area contributed by atoms with Crippen molar-refractivity contribution in [3.8, 4) is 0 Å². The van der Waals surface area contributed by atoms with Gasteiger partial charge in [-0.2, -0.15) is 0 Å². The molecular formula is C12H11N5. The van der Waals surface area contributed by atoms with Gasteiger partial charge in [0.1, 0.15) is 11.8 Å². The zero-order valence-corrected chi connectivity index (χ0v) is 9.11. The van der Waals surface area contributed by atoms with E-state index in [-0.39, 0.29) is 0 Å². The molecule has 0 fully saturated rings. The normalized spacial score (nSPS) is 10.8. The summed E-state index contributed by atoms with van der Waals surface area (Å²) in [6.45, 7) is 0.667. The summed E-state index contributed by atoms with van der Waals surface area (Å²) in [6, 6.07) is 7.79. The molecule has 17 heavy (non-hydrogen) atoms. The summed E-state index contributed by atoms with van der Waals surface area (Å²) >= 11 is 0. The second kappa shape index (κ2) is 3.86. The highest BCUT2D eigenvalue weighted by atomic mass is 15.1. The number of nitrogens with two attached hydrogens (primary N) is 1. The Kier molecular flexibility index (Phi) is 2.22. The number of imidazole rings is 1. The molecule has 2 heterocycles. The molecule has 84 valence electrons. The quantitative estimate of drug-likeness (QED) is 0.670. The Labute approximate surface area is 98.0 Å². The van der Waals surface area contributed by atoms with Crippen molar-refractivity contribution in [2.75, 3.05) is 5.73 Å². The van der Waals surface area contributed by atoms with E-state index in [0.29, 0.717) is 6.54 Å². The number of benzene rings is 1. The molecule has 0 spiro atoms. The predicted octanol–water partition coefficient (Wildman–Crippen LogP) is 1.46. The highest BCUT2D eigenvalue weighted by molar-refractivity contribution is 5.69. The van der Waals surface area contributed by atoms with Gasteiger partial charge in [0.05, 0.1) is 19.1 Å². The van der Waals surface area contributed by atoms with Crippen LogP contribution in [0.25, 0.3) is 11.2 Å². The summed E-state index contributed by atoms with van der Waals surface area (Å²) in [6.07, 6.45) is 4.98. The molecule has 0 saturated heterocycles. The number of rotatable bonds is 2. The fraction of sp³-hybridized carbons (Fsp3) is 0.0833. The van der Waals surface area contributed by atoms with E-state index < -0.39 is 0 Å². The van der Waals surface area contributed by atoms with Crippen molar-refractivity contribution in [3.63, 3.8) is 0 Å². The summed E-state index contributed by atoms with van der Waals surface area (Å²) in [7, 11) is 0. The third-order valence-corrected chi connectivity index (χ3v) is 2.68. The fourth-order valence-corrected chi connectivity index (χ4v) is 1.79. The third-order valence-electron chi connectivity index (χ3n) is 2.68. The van der Waals surface area contributed by atoms with Crippen molar-refractivity contribution in [2.24, 2.45) is 0 Å². The van der Waals surface area contributed by atoms with Gasteiger partial charge < -0.3 is 10.3 Å². The Morgan fingerprint density at radius 2 is 2.06 bits per heavy atom. The van der Waals surface area contributed by atoms with Crippen LogP contribution in [0.5, 0.6) is 0 Å². The smallest absolute Gasteiger partial charge is 0.163 e. The third kappa shape index (κ3) is 1.71. The first-order valence-electron chi connectivity index (χ1n) is 5.29. The molecule has 0 saturated carbocycles. The van der Waals surface area contributed by atoms with Crippen molar-refractivity contribution in [3.05, 3.63) is 48.7 Å². The van der Waals surface area contributed by atoms with Gasteiger partial charge >= 0.3 is 0 Å². The summed E-state index contributed by atoms with van der Waals surface area (Å²) in [4.78, 5) is 12.4. The largest absolute Gasteiger partial charge is 0.398 e. The minimum Gasteiger partial charge on any atom is -0.398 e. The van der Waals surface area contributed by atoms with Crippen molar-refractivity contribution < 1.29 is 0 Å². The molecule has 5 nitrogen and oxygen atoms in total. The van der Waals surface area contributed by atoms with Crippen molar-refractivity contribution in [2.45, 2.75) is 6.54 Å². The van der Waals surface area contributed by atoms with Crippen molar-refractivity contribution >= 4 is 16.9 Å². The lowest BCUT2D eigenvalue weighted by molar-refractivity contribution is 0.815. The molecule has 0 bridgehead atoms. The first-order chi connectivity index (χ1) is 8.34. The van der Waals surface area contributed by atoms with Gasteiger partial charge in [0.2, 0.25) is 0 Å². The first-order valence-corrected chi connectivity index (χ1v) is 5.29. The lowest BCUT2D eigenvalue weighted by Crippen LogP contribution is -2.02. The van der Waals surface area contributed by atoms with Gasteiger partial charge in [-0.1, -0.05) is 18.2 Å². The van der Waals surface area contributed by atoms with Crippen LogP contribution in [0.2, 0.25) is 0 Å². The maximum Gasteiger partial charge on any atom is 0.163 e. The summed E-state index contributed by atoms with van der Waals surface area (Å²) in [5, 5.41) is 0. The van der Waals surface area contributed by atoms with Crippen LogP contribution in [0, 0.1) is 0 Å². The molecule has 0 aliphatic rings. The molecule has 0 aliphatic carbocycles. The van der Waals surface area contributed by atoms with Gasteiger partial charge in [-0.25, -0.2) is 15.0 Å². The number of hydrogen-bond acceptors (Lipinski definition) is 4. The number of fused-ring (bicyclic) bond motifs is 1. The second-order valence-corrected chi connectivity index (χ2v) is 3.80. The maximum absolute atomic E-state index is 5.91. The Balaban J connectivity index is 2.03. The maximum atomic E-state index is 5.91. The monoisotopic (exact) mass is 225 g/mol. The van der Waals surface area contributed by atoms with Crippen LogP contribution in [0.15, 0.2) is 43.1 Å². The molecule has 0 amide bonds. The Morgan fingerprint density at radius 3 is 2.94 bits per heavy atom. The first kappa shape index (κ1) is 9.77. The lowest BCUT2D eigenvalue weighted by atomic mass is 10.2. The van der Waals surface area contributed by atoms with Crippen LogP contribution in [-0.2, 0) is 6.54 Å². The Hall–Kier alpha value is -2.43. The van der Waals surface area contributed by atoms with Crippen LogP contribution in [0.3, 0.4) is 0 Å². The summed E-state index contributed by atoms with van der Waals surface area (Å²) in [5.41, 5.74) is 9.37. The molecule has 3 aromatic rings. The molecule has 0 radical (unpaired) electrons. The van der Waals surface area contributed by atoms with E-state index in [2.05, 4.69) is 15.0 Å². The van der Waals surface area contributed by atoms with Gasteiger partial charge in [0, 0.05) is 5.69 Å². The zero-order chi connectivity index (χ0) is 11.7. The van der Waals surface area contributed by atoms with Gasteiger partial charge in [-0.3, -0.25) is 0 Å². The molecule has 3 rings (SSSR count). The summed E-state index contributed by atoms with van der Waals surface area (Å²) in [5.74, 6) is 0. The van der Waals surface area contributed by atoms with Gasteiger partial charge in [0.25, 0.3) is 0 Å². The zero-order valence-electron chi connectivity index (χ0n) is 9.11. The summed E-state index contributed by atoms with van der Waals surface area (Å²) < 4.78 is 1.96. The number of nitrogens with zero attached hydrogens (tertiary/aromatic N) is 4. The molecule has 2 aromatic heterocycles. The highest BCUT2D eigenvalue weighted by Gasteiger charge is 2.05. The molecule has 0 aliphatic heterocycles. The fourth-order valence-electron chi connectivity index (χ4n) is 1.79. The van der Waals surface area contributed by atoms with E-state index in [1.807, 2.05) is 28.8 Å². The average molecular weight is 225 g/mol. The molecule has 2 N–H and O–H groups in total. The second-order valence-electron chi connectivity index (χ2n) is 3.80. The Morgan fingerprint density at radius 1 is 1.18 bits per heavy atom. The van der Waals surface area contributed by atoms with Crippen LogP contribution in [0.1, 0.15) is 5.56 Å². The lowest BCUT2D eigenvalue weighted by Gasteiger charge is -2.06. The van der Waals surface area contributed by atoms with Crippen LogP contribution >= 0.6 is 0 Å². The predicted molar refractivity (Wildman–Crippen MR) is 65.3 cm³/mol. The molecule has 0 unspecified atom stereocenters. The number of para-hydroxylation sites is 1. The van der Waals surface area contributed by atoms with Crippen LogP contribution in [0.4, 0.5) is 5.69 Å². The van der Waals surface area contributed by atoms with Crippen LogP contribution in [-0.4, -0.2) is 19.5 Å². The van der Waals surface area contributed by atoms with Gasteiger partial charge in [-0.05, 0) is 11.6 Å². The van der Waals surface area contributed by atoms with Crippen molar-refractivity contribution in [1.29, 1.82) is 0 Å². The number of aromatic nitrogens is 4. The number of hydrogen-bond donors (Lipinski definition) is 1. The van der Waals surface area contributed by atoms with E-state index in [1.165, 1.54) is 6.33 Å². The molecule has 0 atom stereocenters. The van der Waals surface area contributed by atoms with Gasteiger partial charge in [0.15, 0.2) is 5.65 Å². The topological polar surface area (TPSA) is 69.6 Å². The average Bonchev–Trinajstić information content (AvgIpc) is 2.76. The Bertz CT molecular complexity index is 659. The van der Waals surface area contributed by atoms with Gasteiger partial charge in [-0.15, -0.1) is 0 Å². The van der Waals surface area contributed by atoms with E-state index in [1.54, 1.807) is 12.5 Å². The van der Waals surface area contributed by atoms with E-state index >= 15 is 0 Å². The molecule has 5 heteroatoms. The SMILES string of the molecule is Nc1ccccc1Cn1cnc2cncnc21. The minimum absolute atomic E-state index is 0.667.